The highest BCUT2D eigenvalue weighted by Crippen LogP contribution is 2.34. The highest BCUT2D eigenvalue weighted by Gasteiger charge is 2.45. The van der Waals surface area contributed by atoms with Crippen molar-refractivity contribution in [3.05, 3.63) is 63.1 Å². The number of hydrogen-bond donors (Lipinski definition) is 1. The number of hydrogen-bond acceptors (Lipinski definition) is 5. The lowest BCUT2D eigenvalue weighted by Gasteiger charge is -2.27. The summed E-state index contributed by atoms with van der Waals surface area (Å²) in [6, 6.07) is 8.68. The zero-order valence-electron chi connectivity index (χ0n) is 14.9. The number of piperidine rings is 1. The lowest BCUT2D eigenvalue weighted by atomic mass is 10.0. The number of carbonyl (C=O) groups is 4. The number of halogens is 2. The van der Waals surface area contributed by atoms with Gasteiger partial charge < -0.3 is 4.74 Å². The quantitative estimate of drug-likeness (QED) is 0.749. The van der Waals surface area contributed by atoms with Gasteiger partial charge in [0.25, 0.3) is 11.8 Å². The van der Waals surface area contributed by atoms with E-state index in [4.69, 9.17) is 27.9 Å². The second-order valence-electron chi connectivity index (χ2n) is 6.66. The van der Waals surface area contributed by atoms with E-state index in [1.54, 1.807) is 30.3 Å². The third-order valence-corrected chi connectivity index (χ3v) is 5.55. The van der Waals surface area contributed by atoms with Crippen LogP contribution in [0.3, 0.4) is 0 Å². The Hall–Kier alpha value is -2.90. The Bertz CT molecular complexity index is 1070. The van der Waals surface area contributed by atoms with Gasteiger partial charge in [0.1, 0.15) is 18.4 Å². The molecule has 9 heteroatoms. The van der Waals surface area contributed by atoms with Crippen molar-refractivity contribution in [3.63, 3.8) is 0 Å². The van der Waals surface area contributed by atoms with Gasteiger partial charge in [0.15, 0.2) is 0 Å². The number of benzene rings is 2. The largest absolute Gasteiger partial charge is 0.488 e. The molecule has 2 aliphatic rings. The van der Waals surface area contributed by atoms with Gasteiger partial charge in [-0.2, -0.15) is 0 Å². The summed E-state index contributed by atoms with van der Waals surface area (Å²) in [5.74, 6) is -2.06. The van der Waals surface area contributed by atoms with E-state index < -0.39 is 29.7 Å². The third-order valence-electron chi connectivity index (χ3n) is 4.81. The molecule has 2 heterocycles. The van der Waals surface area contributed by atoms with Gasteiger partial charge in [-0.1, -0.05) is 35.3 Å². The van der Waals surface area contributed by atoms with Gasteiger partial charge >= 0.3 is 0 Å². The molecular formula is C20H14Cl2N2O5. The van der Waals surface area contributed by atoms with Crippen molar-refractivity contribution in [2.45, 2.75) is 25.5 Å². The number of amides is 4. The van der Waals surface area contributed by atoms with Crippen molar-refractivity contribution in [1.82, 2.24) is 10.2 Å². The average Bonchev–Trinajstić information content (AvgIpc) is 2.94. The van der Waals surface area contributed by atoms with E-state index in [0.29, 0.717) is 10.0 Å². The lowest BCUT2D eigenvalue weighted by Crippen LogP contribution is -2.54. The van der Waals surface area contributed by atoms with Crippen molar-refractivity contribution in [1.29, 1.82) is 0 Å². The average molecular weight is 433 g/mol. The molecule has 0 aliphatic carbocycles. The first-order valence-corrected chi connectivity index (χ1v) is 9.53. The van der Waals surface area contributed by atoms with Crippen LogP contribution in [0.15, 0.2) is 36.4 Å². The number of rotatable bonds is 4. The Labute approximate surface area is 175 Å². The molecule has 7 nitrogen and oxygen atoms in total. The van der Waals surface area contributed by atoms with E-state index >= 15 is 0 Å². The van der Waals surface area contributed by atoms with Gasteiger partial charge in [0, 0.05) is 6.42 Å². The maximum Gasteiger partial charge on any atom is 0.266 e. The Morgan fingerprint density at radius 3 is 2.55 bits per heavy atom. The summed E-state index contributed by atoms with van der Waals surface area (Å²) in [6.45, 7) is 0.104. The maximum atomic E-state index is 13.0. The predicted molar refractivity (Wildman–Crippen MR) is 104 cm³/mol. The summed E-state index contributed by atoms with van der Waals surface area (Å²) in [5.41, 5.74) is 0.990. The minimum absolute atomic E-state index is 0.0600. The maximum absolute atomic E-state index is 13.0. The Morgan fingerprint density at radius 2 is 1.83 bits per heavy atom. The number of imide groups is 2. The number of carbonyl (C=O) groups excluding carboxylic acids is 4. The van der Waals surface area contributed by atoms with Gasteiger partial charge in [-0.15, -0.1) is 0 Å². The predicted octanol–water partition coefficient (Wildman–Crippen LogP) is 2.97. The molecule has 1 unspecified atom stereocenters. The summed E-state index contributed by atoms with van der Waals surface area (Å²) in [4.78, 5) is 50.2. The zero-order chi connectivity index (χ0) is 20.7. The van der Waals surface area contributed by atoms with Crippen LogP contribution in [0.1, 0.15) is 39.1 Å². The second-order valence-corrected chi connectivity index (χ2v) is 7.48. The molecule has 29 heavy (non-hydrogen) atoms. The molecule has 4 rings (SSSR count). The highest BCUT2D eigenvalue weighted by atomic mass is 35.5. The van der Waals surface area contributed by atoms with Gasteiger partial charge in [-0.25, -0.2) is 0 Å². The molecule has 2 aliphatic heterocycles. The van der Waals surface area contributed by atoms with Crippen molar-refractivity contribution in [2.75, 3.05) is 0 Å². The topological polar surface area (TPSA) is 92.8 Å². The monoisotopic (exact) mass is 432 g/mol. The highest BCUT2D eigenvalue weighted by molar-refractivity contribution is 6.42. The van der Waals surface area contributed by atoms with Crippen LogP contribution >= 0.6 is 23.2 Å². The van der Waals surface area contributed by atoms with Crippen LogP contribution in [0.5, 0.6) is 5.75 Å². The van der Waals surface area contributed by atoms with E-state index in [0.717, 1.165) is 10.5 Å². The molecular weight excluding hydrogens is 419 g/mol. The standard InChI is InChI=1S/C20H14Cl2N2O5/c21-12-5-4-10(8-13(12)22)9-29-15-3-1-2-11-17(15)20(28)24(19(11)27)14-6-7-16(25)23-18(14)26/h1-5,8,14H,6-7,9H2,(H,23,25,26). The summed E-state index contributed by atoms with van der Waals surface area (Å²) < 4.78 is 5.77. The molecule has 0 saturated carbocycles. The molecule has 1 fully saturated rings. The zero-order valence-corrected chi connectivity index (χ0v) is 16.4. The fourth-order valence-electron chi connectivity index (χ4n) is 3.39. The van der Waals surface area contributed by atoms with Gasteiger partial charge in [0.05, 0.1) is 21.2 Å². The Morgan fingerprint density at radius 1 is 1.03 bits per heavy atom. The fraction of sp³-hybridized carbons (Fsp3) is 0.200. The third kappa shape index (κ3) is 3.47. The first-order chi connectivity index (χ1) is 13.9. The van der Waals surface area contributed by atoms with E-state index in [2.05, 4.69) is 5.32 Å². The number of nitrogens with one attached hydrogen (secondary N) is 1. The van der Waals surface area contributed by atoms with Crippen molar-refractivity contribution in [3.8, 4) is 5.75 Å². The lowest BCUT2D eigenvalue weighted by molar-refractivity contribution is -0.136. The molecule has 0 radical (unpaired) electrons. The van der Waals surface area contributed by atoms with Crippen LogP contribution in [0.25, 0.3) is 0 Å². The van der Waals surface area contributed by atoms with Crippen molar-refractivity contribution in [2.24, 2.45) is 0 Å². The summed E-state index contributed by atoms with van der Waals surface area (Å²) in [6.07, 6.45) is 0.153. The van der Waals surface area contributed by atoms with E-state index in [1.807, 2.05) is 0 Å². The molecule has 2 aromatic rings. The molecule has 0 bridgehead atoms. The number of ether oxygens (including phenoxy) is 1. The minimum Gasteiger partial charge on any atom is -0.488 e. The SMILES string of the molecule is O=C1CCC(N2C(=O)c3cccc(OCc4ccc(Cl)c(Cl)c4)c3C2=O)C(=O)N1. The Balaban J connectivity index is 1.60. The van der Waals surface area contributed by atoms with Crippen molar-refractivity contribution < 1.29 is 23.9 Å². The molecule has 4 amide bonds. The Kier molecular flexibility index (Phi) is 5.02. The fourth-order valence-corrected chi connectivity index (χ4v) is 3.72. The summed E-state index contributed by atoms with van der Waals surface area (Å²) >= 11 is 11.9. The van der Waals surface area contributed by atoms with Crippen LogP contribution in [0.2, 0.25) is 10.0 Å². The molecule has 0 aromatic heterocycles. The first kappa shape index (κ1) is 19.4. The van der Waals surface area contributed by atoms with E-state index in [9.17, 15) is 19.2 Å². The molecule has 1 atom stereocenters. The number of fused-ring (bicyclic) bond motifs is 1. The molecule has 0 spiro atoms. The van der Waals surface area contributed by atoms with Gasteiger partial charge in [-0.3, -0.25) is 29.4 Å². The van der Waals surface area contributed by atoms with Crippen LogP contribution in [-0.2, 0) is 16.2 Å². The molecule has 1 saturated heterocycles. The summed E-state index contributed by atoms with van der Waals surface area (Å²) in [5, 5.41) is 2.96. The van der Waals surface area contributed by atoms with E-state index in [1.165, 1.54) is 6.07 Å². The van der Waals surface area contributed by atoms with Gasteiger partial charge in [-0.05, 0) is 36.2 Å². The van der Waals surface area contributed by atoms with Crippen LogP contribution in [-0.4, -0.2) is 34.6 Å². The normalized spacial score (nSPS) is 18.7. The van der Waals surface area contributed by atoms with E-state index in [-0.39, 0.29) is 36.3 Å². The first-order valence-electron chi connectivity index (χ1n) is 8.78. The van der Waals surface area contributed by atoms with Crippen LogP contribution < -0.4 is 10.1 Å². The number of nitrogens with zero attached hydrogens (tertiary/aromatic N) is 1. The smallest absolute Gasteiger partial charge is 0.266 e. The van der Waals surface area contributed by atoms with Crippen LogP contribution in [0.4, 0.5) is 0 Å². The minimum atomic E-state index is -1.02. The summed E-state index contributed by atoms with van der Waals surface area (Å²) in [7, 11) is 0. The van der Waals surface area contributed by atoms with Crippen molar-refractivity contribution >= 4 is 46.8 Å². The second kappa shape index (κ2) is 7.50. The van der Waals surface area contributed by atoms with Crippen LogP contribution in [0, 0.1) is 0 Å². The molecule has 1 N–H and O–H groups in total. The molecule has 148 valence electrons. The van der Waals surface area contributed by atoms with Gasteiger partial charge in [0.2, 0.25) is 11.8 Å². The molecule has 2 aromatic carbocycles.